The number of para-hydroxylation sites is 1. The molecule has 194 valence electrons. The Hall–Kier alpha value is -3.79. The number of benzene rings is 2. The molecule has 2 atom stereocenters. The van der Waals surface area contributed by atoms with Crippen molar-refractivity contribution < 1.29 is 19.1 Å². The van der Waals surface area contributed by atoms with Gasteiger partial charge in [0.05, 0.1) is 33.4 Å². The van der Waals surface area contributed by atoms with E-state index < -0.39 is 0 Å². The SMILES string of the molecule is CO[C@@H]1CNC[C@H](CC(=O)c2sc3nccc4c3c2NC(=O)N4c2ccc(Oc3ccccc3)cc2C)C1. The molecule has 4 aromatic rings. The number of ether oxygens (including phenoxy) is 2. The van der Waals surface area contributed by atoms with E-state index in [2.05, 4.69) is 15.6 Å². The molecule has 0 saturated carbocycles. The molecule has 2 aromatic carbocycles. The van der Waals surface area contributed by atoms with Gasteiger partial charge in [0.2, 0.25) is 0 Å². The van der Waals surface area contributed by atoms with Crippen molar-refractivity contribution in [1.29, 1.82) is 0 Å². The third kappa shape index (κ3) is 4.53. The Kier molecular flexibility index (Phi) is 6.57. The Balaban J connectivity index is 1.31. The van der Waals surface area contributed by atoms with Crippen molar-refractivity contribution in [1.82, 2.24) is 10.3 Å². The quantitative estimate of drug-likeness (QED) is 0.274. The number of carbonyl (C=O) groups is 2. The van der Waals surface area contributed by atoms with Gasteiger partial charge >= 0.3 is 6.03 Å². The van der Waals surface area contributed by atoms with Crippen molar-refractivity contribution in [3.05, 3.63) is 71.2 Å². The zero-order valence-electron chi connectivity index (χ0n) is 21.2. The van der Waals surface area contributed by atoms with Crippen LogP contribution >= 0.6 is 11.3 Å². The van der Waals surface area contributed by atoms with Crippen LogP contribution in [0.5, 0.6) is 11.5 Å². The Morgan fingerprint density at radius 3 is 2.74 bits per heavy atom. The van der Waals surface area contributed by atoms with Crippen LogP contribution in [0.2, 0.25) is 0 Å². The molecule has 2 aromatic heterocycles. The number of carbonyl (C=O) groups excluding carboxylic acids is 2. The number of Topliss-reactive ketones (excluding diaryl/α,β-unsaturated/α-hetero) is 1. The summed E-state index contributed by atoms with van der Waals surface area (Å²) >= 11 is 1.34. The second kappa shape index (κ2) is 10.2. The van der Waals surface area contributed by atoms with Crippen LogP contribution in [0.1, 0.15) is 28.1 Å². The lowest BCUT2D eigenvalue weighted by atomic mass is 9.91. The average molecular weight is 529 g/mol. The van der Waals surface area contributed by atoms with E-state index in [0.717, 1.165) is 46.7 Å². The molecular formula is C29H28N4O4S. The summed E-state index contributed by atoms with van der Waals surface area (Å²) in [5.41, 5.74) is 2.89. The number of urea groups is 1. The fourth-order valence-corrected chi connectivity index (χ4v) is 6.33. The maximum Gasteiger partial charge on any atom is 0.331 e. The number of pyridine rings is 1. The van der Waals surface area contributed by atoms with Crippen LogP contribution in [0, 0.1) is 12.8 Å². The fraction of sp³-hybridized carbons (Fsp3) is 0.276. The van der Waals surface area contributed by atoms with Gasteiger partial charge in [-0.1, -0.05) is 18.2 Å². The summed E-state index contributed by atoms with van der Waals surface area (Å²) in [6, 6.07) is 16.7. The molecule has 2 aliphatic heterocycles. The van der Waals surface area contributed by atoms with E-state index in [9.17, 15) is 9.59 Å². The summed E-state index contributed by atoms with van der Waals surface area (Å²) in [6.45, 7) is 3.52. The van der Waals surface area contributed by atoms with E-state index in [1.807, 2.05) is 61.5 Å². The van der Waals surface area contributed by atoms with E-state index in [1.165, 1.54) is 11.3 Å². The molecule has 1 saturated heterocycles. The van der Waals surface area contributed by atoms with Gasteiger partial charge in [0, 0.05) is 26.3 Å². The number of aromatic nitrogens is 1. The molecule has 1 fully saturated rings. The Morgan fingerprint density at radius 1 is 1.11 bits per heavy atom. The summed E-state index contributed by atoms with van der Waals surface area (Å²) in [5, 5.41) is 7.15. The summed E-state index contributed by atoms with van der Waals surface area (Å²) in [5.74, 6) is 1.63. The number of rotatable bonds is 7. The summed E-state index contributed by atoms with van der Waals surface area (Å²) in [6.07, 6.45) is 3.02. The molecule has 2 N–H and O–H groups in total. The molecule has 2 aliphatic rings. The van der Waals surface area contributed by atoms with Gasteiger partial charge in [0.15, 0.2) is 5.78 Å². The standard InChI is InChI=1S/C29H28N4O4S/c1-17-12-20(37-19-6-4-3-5-7-19)8-9-22(17)33-23-10-11-31-28-25(23)26(32-29(33)35)27(38-28)24(34)14-18-13-21(36-2)16-30-15-18/h3-12,18,21,30H,13-16H2,1-2H3,(H,32,35)/t18-,21-/m0/s1. The molecule has 0 unspecified atom stereocenters. The Bertz CT molecular complexity index is 1520. The second-order valence-corrected chi connectivity index (χ2v) is 10.7. The van der Waals surface area contributed by atoms with Gasteiger partial charge in [0.25, 0.3) is 0 Å². The lowest BCUT2D eigenvalue weighted by Crippen LogP contribution is -2.41. The zero-order valence-corrected chi connectivity index (χ0v) is 22.0. The van der Waals surface area contributed by atoms with Crippen molar-refractivity contribution in [3.63, 3.8) is 0 Å². The van der Waals surface area contributed by atoms with Crippen LogP contribution < -0.4 is 20.3 Å². The molecule has 0 radical (unpaired) electrons. The van der Waals surface area contributed by atoms with Crippen LogP contribution in [0.3, 0.4) is 0 Å². The summed E-state index contributed by atoms with van der Waals surface area (Å²) in [7, 11) is 1.70. The number of nitrogens with one attached hydrogen (secondary N) is 2. The third-order valence-electron chi connectivity index (χ3n) is 7.10. The van der Waals surface area contributed by atoms with Gasteiger partial charge < -0.3 is 20.1 Å². The maximum atomic E-state index is 13.5. The number of amides is 2. The number of hydrogen-bond donors (Lipinski definition) is 2. The molecule has 8 nitrogen and oxygen atoms in total. The van der Waals surface area contributed by atoms with Gasteiger partial charge in [-0.2, -0.15) is 0 Å². The zero-order chi connectivity index (χ0) is 26.2. The topological polar surface area (TPSA) is 92.8 Å². The number of hydrogen-bond acceptors (Lipinski definition) is 7. The largest absolute Gasteiger partial charge is 0.457 e. The summed E-state index contributed by atoms with van der Waals surface area (Å²) < 4.78 is 11.5. The number of piperidine rings is 1. The van der Waals surface area contributed by atoms with E-state index in [0.29, 0.717) is 28.4 Å². The highest BCUT2D eigenvalue weighted by Gasteiger charge is 2.34. The van der Waals surface area contributed by atoms with E-state index in [4.69, 9.17) is 9.47 Å². The minimum absolute atomic E-state index is 0.0184. The Labute approximate surface area is 224 Å². The molecule has 0 bridgehead atoms. The average Bonchev–Trinajstić information content (AvgIpc) is 3.30. The molecule has 38 heavy (non-hydrogen) atoms. The first-order valence-electron chi connectivity index (χ1n) is 12.6. The Morgan fingerprint density at radius 2 is 1.95 bits per heavy atom. The number of thiophene rings is 1. The molecule has 6 rings (SSSR count). The number of anilines is 3. The van der Waals surface area contributed by atoms with Crippen LogP contribution in [-0.4, -0.2) is 43.1 Å². The highest BCUT2D eigenvalue weighted by atomic mass is 32.1. The van der Waals surface area contributed by atoms with Gasteiger partial charge in [-0.05, 0) is 67.8 Å². The van der Waals surface area contributed by atoms with Crippen molar-refractivity contribution in [3.8, 4) is 11.5 Å². The highest BCUT2D eigenvalue weighted by molar-refractivity contribution is 7.21. The van der Waals surface area contributed by atoms with Gasteiger partial charge in [-0.25, -0.2) is 9.78 Å². The molecule has 9 heteroatoms. The first-order valence-corrected chi connectivity index (χ1v) is 13.5. The molecular weight excluding hydrogens is 500 g/mol. The lowest BCUT2D eigenvalue weighted by Gasteiger charge is -2.30. The molecule has 0 spiro atoms. The molecule has 0 aliphatic carbocycles. The number of aryl methyl sites for hydroxylation is 1. The van der Waals surface area contributed by atoms with Crippen LogP contribution in [0.4, 0.5) is 21.9 Å². The van der Waals surface area contributed by atoms with Gasteiger partial charge in [0.1, 0.15) is 16.3 Å². The maximum absolute atomic E-state index is 13.5. The third-order valence-corrected chi connectivity index (χ3v) is 8.23. The number of methoxy groups -OCH3 is 1. The lowest BCUT2D eigenvalue weighted by molar-refractivity contribution is 0.0578. The second-order valence-electron chi connectivity index (χ2n) is 9.69. The first kappa shape index (κ1) is 24.5. The van der Waals surface area contributed by atoms with Gasteiger partial charge in [-0.15, -0.1) is 11.3 Å². The first-order chi connectivity index (χ1) is 18.5. The van der Waals surface area contributed by atoms with Crippen LogP contribution in [-0.2, 0) is 4.74 Å². The highest BCUT2D eigenvalue weighted by Crippen LogP contribution is 2.47. The van der Waals surface area contributed by atoms with Crippen LogP contribution in [0.25, 0.3) is 10.2 Å². The van der Waals surface area contributed by atoms with Crippen molar-refractivity contribution in [2.75, 3.05) is 30.4 Å². The predicted octanol–water partition coefficient (Wildman–Crippen LogP) is 6.28. The molecule has 2 amide bonds. The molecule has 4 heterocycles. The monoisotopic (exact) mass is 528 g/mol. The van der Waals surface area contributed by atoms with E-state index in [1.54, 1.807) is 18.2 Å². The minimum Gasteiger partial charge on any atom is -0.457 e. The predicted molar refractivity (Wildman–Crippen MR) is 149 cm³/mol. The van der Waals surface area contributed by atoms with Crippen molar-refractivity contribution >= 4 is 50.4 Å². The number of nitrogens with zero attached hydrogens (tertiary/aromatic N) is 2. The van der Waals surface area contributed by atoms with E-state index in [-0.39, 0.29) is 23.8 Å². The smallest absolute Gasteiger partial charge is 0.331 e. The summed E-state index contributed by atoms with van der Waals surface area (Å²) in [4.78, 5) is 34.4. The minimum atomic E-state index is -0.309. The van der Waals surface area contributed by atoms with E-state index >= 15 is 0 Å². The number of ketones is 1. The van der Waals surface area contributed by atoms with Gasteiger partial charge in [-0.3, -0.25) is 9.69 Å². The van der Waals surface area contributed by atoms with Crippen LogP contribution in [0.15, 0.2) is 60.8 Å². The normalized spacial score (nSPS) is 18.9. The van der Waals surface area contributed by atoms with Crippen molar-refractivity contribution in [2.45, 2.75) is 25.9 Å². The fourth-order valence-electron chi connectivity index (χ4n) is 5.26. The van der Waals surface area contributed by atoms with Crippen molar-refractivity contribution in [2.24, 2.45) is 5.92 Å².